The summed E-state index contributed by atoms with van der Waals surface area (Å²) in [6, 6.07) is 0. The van der Waals surface area contributed by atoms with Crippen LogP contribution in [0.25, 0.3) is 0 Å². The molecule has 0 amide bonds. The van der Waals surface area contributed by atoms with Crippen molar-refractivity contribution in [3.63, 3.8) is 0 Å². The Hall–Kier alpha value is 0. The average Bonchev–Trinajstić information content (AvgIpc) is 2.60. The van der Waals surface area contributed by atoms with Crippen LogP contribution in [0.15, 0.2) is 0 Å². The van der Waals surface area contributed by atoms with Crippen LogP contribution in [-0.4, -0.2) is 0 Å². The zero-order valence-corrected chi connectivity index (χ0v) is 21.0. The Morgan fingerprint density at radius 1 is 0.667 bits per heavy atom. The second-order valence-electron chi connectivity index (χ2n) is 10.8. The van der Waals surface area contributed by atoms with Crippen LogP contribution in [0.5, 0.6) is 0 Å². The molecular formula is C27H55. The molecule has 0 spiro atoms. The van der Waals surface area contributed by atoms with Crippen LogP contribution in [0.2, 0.25) is 0 Å². The van der Waals surface area contributed by atoms with Gasteiger partial charge in [0.2, 0.25) is 0 Å². The normalized spacial score (nSPS) is 20.6. The molecule has 0 fully saturated rings. The SMILES string of the molecule is [CH2]C(C(C)CCCC)C(C)C(C(C)CCCC)(C(C)CCCC)C(C)(C)C. The molecule has 0 heteroatoms. The molecule has 0 aromatic heterocycles. The maximum Gasteiger partial charge on any atom is -0.0169 e. The Kier molecular flexibility index (Phi) is 12.5. The molecule has 0 aliphatic heterocycles. The second kappa shape index (κ2) is 12.5. The van der Waals surface area contributed by atoms with Crippen molar-refractivity contribution in [2.45, 2.75) is 127 Å². The lowest BCUT2D eigenvalue weighted by molar-refractivity contribution is -0.107. The summed E-state index contributed by atoms with van der Waals surface area (Å²) in [4.78, 5) is 0. The van der Waals surface area contributed by atoms with E-state index in [4.69, 9.17) is 6.92 Å². The van der Waals surface area contributed by atoms with Gasteiger partial charge < -0.3 is 0 Å². The Labute approximate surface area is 174 Å². The van der Waals surface area contributed by atoms with Gasteiger partial charge in [-0.2, -0.15) is 0 Å². The topological polar surface area (TPSA) is 0 Å². The summed E-state index contributed by atoms with van der Waals surface area (Å²) in [6.07, 6.45) is 12.1. The van der Waals surface area contributed by atoms with Crippen LogP contribution in [0.3, 0.4) is 0 Å². The van der Waals surface area contributed by atoms with Gasteiger partial charge in [-0.3, -0.25) is 0 Å². The molecule has 0 aromatic carbocycles. The summed E-state index contributed by atoms with van der Waals surface area (Å²) in [5.74, 6) is 3.43. The highest BCUT2D eigenvalue weighted by Gasteiger charge is 2.54. The van der Waals surface area contributed by atoms with Crippen molar-refractivity contribution in [3.8, 4) is 0 Å². The minimum Gasteiger partial charge on any atom is -0.0654 e. The first-order valence-corrected chi connectivity index (χ1v) is 12.3. The van der Waals surface area contributed by atoms with Crippen molar-refractivity contribution < 1.29 is 0 Å². The van der Waals surface area contributed by atoms with Crippen molar-refractivity contribution in [3.05, 3.63) is 6.92 Å². The molecule has 163 valence electrons. The molecular weight excluding hydrogens is 324 g/mol. The zero-order chi connectivity index (χ0) is 21.3. The molecule has 0 rings (SSSR count). The third-order valence-corrected chi connectivity index (χ3v) is 8.05. The molecule has 0 nitrogen and oxygen atoms in total. The van der Waals surface area contributed by atoms with Gasteiger partial charge in [0.1, 0.15) is 0 Å². The Bertz CT molecular complexity index is 347. The van der Waals surface area contributed by atoms with E-state index in [1.807, 2.05) is 0 Å². The third-order valence-electron chi connectivity index (χ3n) is 8.05. The minimum absolute atomic E-state index is 0.299. The monoisotopic (exact) mass is 379 g/mol. The van der Waals surface area contributed by atoms with E-state index in [1.54, 1.807) is 0 Å². The van der Waals surface area contributed by atoms with Crippen LogP contribution in [0.4, 0.5) is 0 Å². The molecule has 5 unspecified atom stereocenters. The van der Waals surface area contributed by atoms with Gasteiger partial charge in [0.15, 0.2) is 0 Å². The van der Waals surface area contributed by atoms with Crippen molar-refractivity contribution in [1.82, 2.24) is 0 Å². The van der Waals surface area contributed by atoms with Crippen LogP contribution in [0.1, 0.15) is 127 Å². The van der Waals surface area contributed by atoms with E-state index in [2.05, 4.69) is 69.2 Å². The maximum absolute atomic E-state index is 4.80. The number of rotatable bonds is 14. The van der Waals surface area contributed by atoms with E-state index < -0.39 is 0 Å². The quantitative estimate of drug-likeness (QED) is 0.282. The first-order chi connectivity index (χ1) is 12.5. The Morgan fingerprint density at radius 2 is 1.04 bits per heavy atom. The third kappa shape index (κ3) is 6.78. The fourth-order valence-corrected chi connectivity index (χ4v) is 6.63. The second-order valence-corrected chi connectivity index (χ2v) is 10.8. The predicted molar refractivity (Wildman–Crippen MR) is 126 cm³/mol. The maximum atomic E-state index is 4.80. The standard InChI is InChI=1S/C27H55/c1-12-15-18-21(4)24(7)25(8)27(26(9,10)11,22(5)19-16-13-2)23(6)20-17-14-3/h21-25H,7,12-20H2,1-6,8-11H3. The highest BCUT2D eigenvalue weighted by atomic mass is 14.6. The number of unbranched alkanes of at least 4 members (excludes halogenated alkanes) is 3. The van der Waals surface area contributed by atoms with Gasteiger partial charge >= 0.3 is 0 Å². The summed E-state index contributed by atoms with van der Waals surface area (Å²) in [5.41, 5.74) is 0.650. The van der Waals surface area contributed by atoms with Crippen molar-refractivity contribution in [2.75, 3.05) is 0 Å². The smallest absolute Gasteiger partial charge is 0.0169 e. The minimum atomic E-state index is 0.299. The molecule has 0 N–H and O–H groups in total. The highest BCUT2D eigenvalue weighted by molar-refractivity contribution is 5.03. The van der Waals surface area contributed by atoms with Gasteiger partial charge in [-0.1, -0.05) is 127 Å². The van der Waals surface area contributed by atoms with Gasteiger partial charge in [0, 0.05) is 0 Å². The summed E-state index contributed by atoms with van der Waals surface area (Å²) < 4.78 is 0. The van der Waals surface area contributed by atoms with Gasteiger partial charge in [-0.25, -0.2) is 0 Å². The molecule has 0 aliphatic carbocycles. The lowest BCUT2D eigenvalue weighted by Gasteiger charge is -2.59. The molecule has 0 aliphatic rings. The zero-order valence-electron chi connectivity index (χ0n) is 21.0. The van der Waals surface area contributed by atoms with Crippen molar-refractivity contribution in [1.29, 1.82) is 0 Å². The Morgan fingerprint density at radius 3 is 1.37 bits per heavy atom. The molecule has 0 saturated heterocycles. The first-order valence-electron chi connectivity index (χ1n) is 12.3. The van der Waals surface area contributed by atoms with Gasteiger partial charge in [-0.05, 0) is 47.3 Å². The van der Waals surface area contributed by atoms with Crippen LogP contribution < -0.4 is 0 Å². The van der Waals surface area contributed by atoms with Crippen molar-refractivity contribution in [2.24, 2.45) is 40.4 Å². The van der Waals surface area contributed by atoms with E-state index in [0.29, 0.717) is 22.7 Å². The van der Waals surface area contributed by atoms with E-state index >= 15 is 0 Å². The summed E-state index contributed by atoms with van der Waals surface area (Å²) in [5, 5.41) is 0. The van der Waals surface area contributed by atoms with Crippen LogP contribution in [-0.2, 0) is 0 Å². The molecule has 0 saturated carbocycles. The fraction of sp³-hybridized carbons (Fsp3) is 0.963. The van der Waals surface area contributed by atoms with Gasteiger partial charge in [0.25, 0.3) is 0 Å². The van der Waals surface area contributed by atoms with E-state index in [0.717, 1.165) is 17.8 Å². The van der Waals surface area contributed by atoms with E-state index in [1.165, 1.54) is 57.8 Å². The molecule has 0 aromatic rings. The molecule has 5 atom stereocenters. The van der Waals surface area contributed by atoms with E-state index in [9.17, 15) is 0 Å². The Balaban J connectivity index is 6.01. The van der Waals surface area contributed by atoms with Crippen LogP contribution >= 0.6 is 0 Å². The fourth-order valence-electron chi connectivity index (χ4n) is 6.63. The van der Waals surface area contributed by atoms with Crippen LogP contribution in [0, 0.1) is 47.3 Å². The number of hydrogen-bond donors (Lipinski definition) is 0. The van der Waals surface area contributed by atoms with E-state index in [-0.39, 0.29) is 0 Å². The molecule has 27 heavy (non-hydrogen) atoms. The summed E-state index contributed by atoms with van der Waals surface area (Å²) in [7, 11) is 0. The average molecular weight is 380 g/mol. The lowest BCUT2D eigenvalue weighted by atomic mass is 9.45. The summed E-state index contributed by atoms with van der Waals surface area (Å²) in [6.45, 7) is 29.5. The highest BCUT2D eigenvalue weighted by Crippen LogP contribution is 2.60. The van der Waals surface area contributed by atoms with Crippen molar-refractivity contribution >= 4 is 0 Å². The predicted octanol–water partition coefficient (Wildman–Crippen LogP) is 9.58. The first kappa shape index (κ1) is 27.0. The summed E-state index contributed by atoms with van der Waals surface area (Å²) >= 11 is 0. The largest absolute Gasteiger partial charge is 0.0654 e. The van der Waals surface area contributed by atoms with Gasteiger partial charge in [0.05, 0.1) is 0 Å². The molecule has 0 bridgehead atoms. The van der Waals surface area contributed by atoms with Gasteiger partial charge in [-0.15, -0.1) is 0 Å². The lowest BCUT2D eigenvalue weighted by Crippen LogP contribution is -2.53. The molecule has 0 heterocycles. The molecule has 1 radical (unpaired) electrons. The number of hydrogen-bond acceptors (Lipinski definition) is 0.